The Kier molecular flexibility index (Phi) is 4.46. The maximum absolute atomic E-state index is 13.3. The van der Waals surface area contributed by atoms with Crippen molar-refractivity contribution in [2.75, 3.05) is 13.2 Å². The molecule has 30 heavy (non-hydrogen) atoms. The van der Waals surface area contributed by atoms with E-state index in [-0.39, 0.29) is 24.7 Å². The van der Waals surface area contributed by atoms with E-state index in [9.17, 15) is 19.8 Å². The van der Waals surface area contributed by atoms with Gasteiger partial charge in [0.2, 0.25) is 0 Å². The molecular formula is C22H28O8. The fourth-order valence-corrected chi connectivity index (χ4v) is 6.84. The van der Waals surface area contributed by atoms with Gasteiger partial charge in [-0.15, -0.1) is 0 Å². The van der Waals surface area contributed by atoms with Gasteiger partial charge >= 0.3 is 5.97 Å². The Morgan fingerprint density at radius 1 is 1.37 bits per heavy atom. The minimum atomic E-state index is -1.22. The number of ketones is 1. The molecule has 1 aromatic heterocycles. The van der Waals surface area contributed by atoms with E-state index in [1.807, 2.05) is 0 Å². The van der Waals surface area contributed by atoms with E-state index in [1.165, 1.54) is 19.5 Å². The number of rotatable bonds is 4. The predicted octanol–water partition coefficient (Wildman–Crippen LogP) is 1.74. The van der Waals surface area contributed by atoms with Gasteiger partial charge in [0.15, 0.2) is 12.1 Å². The molecule has 0 aromatic carbocycles. The predicted molar refractivity (Wildman–Crippen MR) is 101 cm³/mol. The van der Waals surface area contributed by atoms with Crippen molar-refractivity contribution in [3.8, 4) is 0 Å². The van der Waals surface area contributed by atoms with Gasteiger partial charge in [-0.3, -0.25) is 9.59 Å². The van der Waals surface area contributed by atoms with Gasteiger partial charge in [-0.05, 0) is 24.8 Å². The van der Waals surface area contributed by atoms with Crippen molar-refractivity contribution in [1.82, 2.24) is 0 Å². The third-order valence-electron chi connectivity index (χ3n) is 8.38. The molecule has 0 radical (unpaired) electrons. The van der Waals surface area contributed by atoms with E-state index in [4.69, 9.17) is 18.6 Å². The largest absolute Gasteiger partial charge is 0.472 e. The molecule has 8 atom stereocenters. The SMILES string of the molecule is CC(=O)O[C@@H](CC12[C@H](C)C(=O)[C@H](O)C3(CO[C@@H]1O)[C@@H]2CCC[C@]31CO1)c1ccoc1. The normalized spacial score (nSPS) is 45.7. The molecule has 1 aromatic rings. The zero-order chi connectivity index (χ0) is 21.3. The number of hydrogen-bond donors (Lipinski definition) is 2. The summed E-state index contributed by atoms with van der Waals surface area (Å²) in [5.41, 5.74) is -1.86. The minimum Gasteiger partial charge on any atom is -0.472 e. The van der Waals surface area contributed by atoms with E-state index in [1.54, 1.807) is 13.0 Å². The Hall–Kier alpha value is -1.74. The zero-order valence-corrected chi connectivity index (χ0v) is 17.2. The van der Waals surface area contributed by atoms with Crippen molar-refractivity contribution >= 4 is 11.8 Å². The number of aliphatic hydroxyl groups is 2. The van der Waals surface area contributed by atoms with Crippen LogP contribution in [0.1, 0.15) is 51.2 Å². The second-order valence-corrected chi connectivity index (χ2v) is 9.43. The Bertz CT molecular complexity index is 845. The highest BCUT2D eigenvalue weighted by Gasteiger charge is 2.79. The summed E-state index contributed by atoms with van der Waals surface area (Å²) in [6, 6.07) is 1.71. The molecule has 8 nitrogen and oxygen atoms in total. The lowest BCUT2D eigenvalue weighted by molar-refractivity contribution is -0.336. The fourth-order valence-electron chi connectivity index (χ4n) is 6.84. The van der Waals surface area contributed by atoms with Crippen LogP contribution in [0.25, 0.3) is 0 Å². The van der Waals surface area contributed by atoms with Gasteiger partial charge in [0.05, 0.1) is 31.2 Å². The van der Waals surface area contributed by atoms with Gasteiger partial charge < -0.3 is 28.8 Å². The highest BCUT2D eigenvalue weighted by Crippen LogP contribution is 2.71. The van der Waals surface area contributed by atoms with Crippen molar-refractivity contribution in [3.63, 3.8) is 0 Å². The van der Waals surface area contributed by atoms with Crippen LogP contribution in [-0.2, 0) is 23.8 Å². The Labute approximate surface area is 174 Å². The van der Waals surface area contributed by atoms with Crippen LogP contribution in [0, 0.1) is 22.7 Å². The topological polar surface area (TPSA) is 119 Å². The molecule has 2 aliphatic carbocycles. The molecule has 5 rings (SSSR count). The first-order valence-corrected chi connectivity index (χ1v) is 10.6. The Morgan fingerprint density at radius 2 is 2.13 bits per heavy atom. The lowest BCUT2D eigenvalue weighted by atomic mass is 9.40. The summed E-state index contributed by atoms with van der Waals surface area (Å²) < 4.78 is 22.6. The second-order valence-electron chi connectivity index (χ2n) is 9.43. The molecule has 2 aliphatic heterocycles. The molecule has 1 spiro atoms. The average Bonchev–Trinajstić information content (AvgIpc) is 3.27. The number of ether oxygens (including phenoxy) is 3. The van der Waals surface area contributed by atoms with Gasteiger partial charge in [-0.1, -0.05) is 13.3 Å². The van der Waals surface area contributed by atoms with Gasteiger partial charge in [-0.2, -0.15) is 0 Å². The molecule has 8 heteroatoms. The summed E-state index contributed by atoms with van der Waals surface area (Å²) in [7, 11) is 0. The molecule has 4 aliphatic rings. The summed E-state index contributed by atoms with van der Waals surface area (Å²) in [6.07, 6.45) is 2.42. The standard InChI is InChI=1S/C22H28O8/c1-12-17(24)18(25)22-11-28-19(26)21(12,16(22)4-3-6-20(22)10-29-20)8-15(30-13(2)23)14-5-7-27-9-14/h5,7,9,12,15-16,18-19,25-26H,3-4,6,8,10-11H2,1-2H3/t12-,15+,16-,18+,19+,20+,21?,22?/m1/s1. The summed E-state index contributed by atoms with van der Waals surface area (Å²) in [6.45, 7) is 3.62. The second kappa shape index (κ2) is 6.63. The summed E-state index contributed by atoms with van der Waals surface area (Å²) in [4.78, 5) is 25.2. The van der Waals surface area contributed by atoms with Gasteiger partial charge in [0.1, 0.15) is 17.8 Å². The van der Waals surface area contributed by atoms with Gasteiger partial charge in [-0.25, -0.2) is 0 Å². The van der Waals surface area contributed by atoms with Crippen molar-refractivity contribution < 1.29 is 38.4 Å². The number of esters is 1. The van der Waals surface area contributed by atoms with Crippen molar-refractivity contribution in [3.05, 3.63) is 24.2 Å². The summed E-state index contributed by atoms with van der Waals surface area (Å²) >= 11 is 0. The summed E-state index contributed by atoms with van der Waals surface area (Å²) in [5.74, 6) is -1.66. The van der Waals surface area contributed by atoms with Crippen molar-refractivity contribution in [1.29, 1.82) is 0 Å². The number of furan rings is 1. The number of carbonyl (C=O) groups is 2. The van der Waals surface area contributed by atoms with E-state index in [2.05, 4.69) is 0 Å². The van der Waals surface area contributed by atoms with Gasteiger partial charge in [0.25, 0.3) is 0 Å². The van der Waals surface area contributed by atoms with Crippen LogP contribution in [-0.4, -0.2) is 53.2 Å². The molecule has 2 saturated carbocycles. The lowest BCUT2D eigenvalue weighted by Crippen LogP contribution is -2.75. The van der Waals surface area contributed by atoms with E-state index in [0.29, 0.717) is 12.2 Å². The molecular weight excluding hydrogens is 392 g/mol. The fraction of sp³-hybridized carbons (Fsp3) is 0.727. The monoisotopic (exact) mass is 420 g/mol. The number of hydrogen-bond acceptors (Lipinski definition) is 8. The third kappa shape index (κ3) is 2.42. The van der Waals surface area contributed by atoms with Gasteiger partial charge in [0, 0.05) is 30.2 Å². The van der Waals surface area contributed by atoms with Crippen LogP contribution in [0.4, 0.5) is 0 Å². The molecule has 3 heterocycles. The Balaban J connectivity index is 1.63. The zero-order valence-electron chi connectivity index (χ0n) is 17.2. The number of aliphatic hydroxyl groups excluding tert-OH is 2. The van der Waals surface area contributed by atoms with Crippen LogP contribution in [0.5, 0.6) is 0 Å². The lowest BCUT2D eigenvalue weighted by Gasteiger charge is -2.66. The highest BCUT2D eigenvalue weighted by molar-refractivity contribution is 5.88. The molecule has 0 amide bonds. The van der Waals surface area contributed by atoms with Crippen molar-refractivity contribution in [2.24, 2.45) is 22.7 Å². The van der Waals surface area contributed by atoms with Crippen molar-refractivity contribution in [2.45, 2.75) is 63.6 Å². The maximum Gasteiger partial charge on any atom is 0.303 e. The molecule has 2 saturated heterocycles. The quantitative estimate of drug-likeness (QED) is 0.559. The van der Waals surface area contributed by atoms with Crippen LogP contribution in [0.2, 0.25) is 0 Å². The molecule has 2 N–H and O–H groups in total. The van der Waals surface area contributed by atoms with Crippen LogP contribution < -0.4 is 0 Å². The number of Topliss-reactive ketones (excluding diaryl/α,β-unsaturated/α-hetero) is 1. The first-order chi connectivity index (χ1) is 14.3. The summed E-state index contributed by atoms with van der Waals surface area (Å²) in [5, 5.41) is 22.4. The van der Waals surface area contributed by atoms with Crippen LogP contribution >= 0.6 is 0 Å². The van der Waals surface area contributed by atoms with E-state index in [0.717, 1.165) is 19.3 Å². The van der Waals surface area contributed by atoms with Crippen LogP contribution in [0.3, 0.4) is 0 Å². The first kappa shape index (κ1) is 20.2. The average molecular weight is 420 g/mol. The number of carbonyl (C=O) groups excluding carboxylic acids is 2. The minimum absolute atomic E-state index is 0.0736. The van der Waals surface area contributed by atoms with E-state index < -0.39 is 46.8 Å². The number of epoxide rings is 1. The third-order valence-corrected chi connectivity index (χ3v) is 8.38. The molecule has 2 bridgehead atoms. The van der Waals surface area contributed by atoms with E-state index >= 15 is 0 Å². The van der Waals surface area contributed by atoms with Crippen LogP contribution in [0.15, 0.2) is 23.0 Å². The molecule has 164 valence electrons. The molecule has 2 unspecified atom stereocenters. The highest BCUT2D eigenvalue weighted by atomic mass is 16.6. The smallest absolute Gasteiger partial charge is 0.303 e. The Morgan fingerprint density at radius 3 is 2.77 bits per heavy atom. The first-order valence-electron chi connectivity index (χ1n) is 10.6. The maximum atomic E-state index is 13.3. The molecule has 4 fully saturated rings.